The van der Waals surface area contributed by atoms with Crippen LogP contribution in [-0.2, 0) is 19.1 Å². The average molecular weight is 523 g/mol. The van der Waals surface area contributed by atoms with Crippen LogP contribution in [0.5, 0.6) is 0 Å². The number of benzene rings is 3. The highest BCUT2D eigenvalue weighted by atomic mass is 19.4. The number of nitrogens with one attached hydrogen (secondary N) is 2. The number of fused-ring (bicyclic) bond motifs is 1. The van der Waals surface area contributed by atoms with Gasteiger partial charge in [0.25, 0.3) is 5.91 Å². The summed E-state index contributed by atoms with van der Waals surface area (Å²) in [7, 11) is 0. The number of urea groups is 1. The predicted octanol–water partition coefficient (Wildman–Crippen LogP) is 6.54. The van der Waals surface area contributed by atoms with Gasteiger partial charge in [-0.15, -0.1) is 0 Å². The van der Waals surface area contributed by atoms with Crippen LogP contribution in [0.4, 0.5) is 35.0 Å². The molecule has 9 heteroatoms. The number of hydrogen-bond acceptors (Lipinski definition) is 3. The summed E-state index contributed by atoms with van der Waals surface area (Å²) in [5, 5.41) is 4.90. The molecule has 3 amide bonds. The van der Waals surface area contributed by atoms with Crippen molar-refractivity contribution < 1.29 is 22.8 Å². The van der Waals surface area contributed by atoms with Crippen LogP contribution in [0.1, 0.15) is 46.3 Å². The molecule has 2 N–H and O–H groups in total. The Morgan fingerprint density at radius 2 is 1.50 bits per heavy atom. The zero-order chi connectivity index (χ0) is 26.7. The van der Waals surface area contributed by atoms with Gasteiger partial charge in [0.15, 0.2) is 0 Å². The van der Waals surface area contributed by atoms with Crippen molar-refractivity contribution in [1.82, 2.24) is 4.90 Å². The minimum atomic E-state index is -4.60. The number of piperidine rings is 1. The number of nitrogens with zero attached hydrogens (tertiary/aromatic N) is 2. The van der Waals surface area contributed by atoms with Crippen LogP contribution in [0.25, 0.3) is 0 Å². The maximum Gasteiger partial charge on any atom is 0.418 e. The van der Waals surface area contributed by atoms with Gasteiger partial charge in [-0.2, -0.15) is 13.2 Å². The van der Waals surface area contributed by atoms with Crippen LogP contribution in [0, 0.1) is 0 Å². The third-order valence-corrected chi connectivity index (χ3v) is 7.08. The zero-order valence-electron chi connectivity index (χ0n) is 20.9. The fourth-order valence-corrected chi connectivity index (χ4v) is 5.15. The lowest BCUT2D eigenvalue weighted by atomic mass is 9.98. The Bertz CT molecular complexity index is 1340. The molecule has 2 aliphatic heterocycles. The topological polar surface area (TPSA) is 64.7 Å². The van der Waals surface area contributed by atoms with Gasteiger partial charge in [0.1, 0.15) is 0 Å². The highest BCUT2D eigenvalue weighted by Gasteiger charge is 2.33. The quantitative estimate of drug-likeness (QED) is 0.409. The van der Waals surface area contributed by atoms with Crippen molar-refractivity contribution in [3.8, 4) is 0 Å². The summed E-state index contributed by atoms with van der Waals surface area (Å²) in [4.78, 5) is 30.3. The molecule has 38 heavy (non-hydrogen) atoms. The number of halogens is 3. The first kappa shape index (κ1) is 25.6. The van der Waals surface area contributed by atoms with Crippen LogP contribution in [0.3, 0.4) is 0 Å². The third-order valence-electron chi connectivity index (χ3n) is 7.08. The summed E-state index contributed by atoms with van der Waals surface area (Å²) < 4.78 is 40.0. The normalized spacial score (nSPS) is 15.6. The van der Waals surface area contributed by atoms with E-state index in [0.717, 1.165) is 44.0 Å². The van der Waals surface area contributed by atoms with Gasteiger partial charge in [0.2, 0.25) is 0 Å². The lowest BCUT2D eigenvalue weighted by Crippen LogP contribution is -2.38. The fraction of sp³-hybridized carbons (Fsp3) is 0.310. The first-order valence-electron chi connectivity index (χ1n) is 12.8. The lowest BCUT2D eigenvalue weighted by molar-refractivity contribution is -0.136. The number of para-hydroxylation sites is 1. The van der Waals surface area contributed by atoms with E-state index >= 15 is 0 Å². The monoisotopic (exact) mass is 522 g/mol. The van der Waals surface area contributed by atoms with Crippen LogP contribution < -0.4 is 15.5 Å². The Kier molecular flexibility index (Phi) is 7.26. The van der Waals surface area contributed by atoms with Crippen molar-refractivity contribution >= 4 is 29.0 Å². The first-order valence-corrected chi connectivity index (χ1v) is 12.8. The van der Waals surface area contributed by atoms with E-state index in [4.69, 9.17) is 0 Å². The van der Waals surface area contributed by atoms with E-state index in [2.05, 4.69) is 27.7 Å². The second-order valence-corrected chi connectivity index (χ2v) is 9.65. The lowest BCUT2D eigenvalue weighted by Gasteiger charge is -2.34. The molecule has 0 saturated carbocycles. The first-order chi connectivity index (χ1) is 18.3. The summed E-state index contributed by atoms with van der Waals surface area (Å²) in [5.41, 5.74) is 2.81. The Morgan fingerprint density at radius 3 is 2.26 bits per heavy atom. The molecule has 3 aromatic rings. The Hall–Kier alpha value is -4.01. The number of hydrogen-bond donors (Lipinski definition) is 2. The molecular weight excluding hydrogens is 493 g/mol. The number of carbonyl (C=O) groups is 2. The Balaban J connectivity index is 1.41. The van der Waals surface area contributed by atoms with Gasteiger partial charge < -0.3 is 20.4 Å². The molecule has 0 spiro atoms. The smallest absolute Gasteiger partial charge is 0.366 e. The van der Waals surface area contributed by atoms with Crippen molar-refractivity contribution in [2.75, 3.05) is 35.2 Å². The highest BCUT2D eigenvalue weighted by Crippen LogP contribution is 2.35. The van der Waals surface area contributed by atoms with E-state index in [-0.39, 0.29) is 11.6 Å². The molecule has 2 heterocycles. The van der Waals surface area contributed by atoms with Gasteiger partial charge >= 0.3 is 12.2 Å². The highest BCUT2D eigenvalue weighted by molar-refractivity contribution is 6.04. The maximum atomic E-state index is 13.6. The van der Waals surface area contributed by atoms with Crippen molar-refractivity contribution in [2.45, 2.75) is 38.4 Å². The number of anilines is 3. The molecule has 5 rings (SSSR count). The van der Waals surface area contributed by atoms with Crippen LogP contribution in [0.15, 0.2) is 66.7 Å². The maximum absolute atomic E-state index is 13.6. The summed E-state index contributed by atoms with van der Waals surface area (Å²) in [6, 6.07) is 17.3. The molecule has 198 valence electrons. The number of rotatable bonds is 4. The van der Waals surface area contributed by atoms with E-state index in [1.54, 1.807) is 12.1 Å². The summed E-state index contributed by atoms with van der Waals surface area (Å²) in [6.07, 6.45) is -0.782. The minimum Gasteiger partial charge on any atom is -0.366 e. The second kappa shape index (κ2) is 10.8. The Labute approximate surface area is 219 Å². The molecule has 2 aliphatic rings. The SMILES string of the molecule is O=C(Nc1ccc(N2CCc3ccccc3C2)c(C(=O)N2CCCCC2)c1)Nc1ccccc1C(F)(F)F. The van der Waals surface area contributed by atoms with E-state index in [9.17, 15) is 22.8 Å². The van der Waals surface area contributed by atoms with E-state index in [1.807, 2.05) is 23.1 Å². The van der Waals surface area contributed by atoms with Crippen molar-refractivity contribution in [3.05, 3.63) is 89.0 Å². The van der Waals surface area contributed by atoms with Gasteiger partial charge in [-0.05, 0) is 67.1 Å². The molecule has 0 bridgehead atoms. The minimum absolute atomic E-state index is 0.106. The molecule has 6 nitrogen and oxygen atoms in total. The van der Waals surface area contributed by atoms with E-state index < -0.39 is 17.8 Å². The molecule has 0 aromatic heterocycles. The molecule has 0 unspecified atom stereocenters. The van der Waals surface area contributed by atoms with Crippen molar-refractivity contribution in [1.29, 1.82) is 0 Å². The van der Waals surface area contributed by atoms with Gasteiger partial charge in [0, 0.05) is 37.6 Å². The molecule has 0 aliphatic carbocycles. The number of alkyl halides is 3. The fourth-order valence-electron chi connectivity index (χ4n) is 5.15. The Morgan fingerprint density at radius 1 is 0.789 bits per heavy atom. The van der Waals surface area contributed by atoms with Crippen molar-refractivity contribution in [3.63, 3.8) is 0 Å². The number of amides is 3. The largest absolute Gasteiger partial charge is 0.418 e. The molecule has 1 fully saturated rings. The van der Waals surface area contributed by atoms with E-state index in [1.165, 1.54) is 29.3 Å². The standard InChI is InChI=1S/C29H29F3N4O2/c30-29(31,32)24-10-4-5-11-25(24)34-28(38)33-22-12-13-26(23(18-22)27(37)35-15-6-1-7-16-35)36-17-14-20-8-2-3-9-21(20)19-36/h2-5,8-13,18H,1,6-7,14-17,19H2,(H2,33,34,38). The predicted molar refractivity (Wildman–Crippen MR) is 141 cm³/mol. The molecule has 3 aromatic carbocycles. The van der Waals surface area contributed by atoms with Gasteiger partial charge in [-0.25, -0.2) is 4.79 Å². The number of likely N-dealkylation sites (tertiary alicyclic amines) is 1. The molecular formula is C29H29F3N4O2. The van der Waals surface area contributed by atoms with Crippen molar-refractivity contribution in [2.24, 2.45) is 0 Å². The van der Waals surface area contributed by atoms with Gasteiger partial charge in [0.05, 0.1) is 16.8 Å². The molecule has 0 atom stereocenters. The van der Waals surface area contributed by atoms with Gasteiger partial charge in [-0.1, -0.05) is 36.4 Å². The summed E-state index contributed by atoms with van der Waals surface area (Å²) >= 11 is 0. The second-order valence-electron chi connectivity index (χ2n) is 9.65. The van der Waals surface area contributed by atoms with Crippen LogP contribution in [0.2, 0.25) is 0 Å². The number of carbonyl (C=O) groups excluding carboxylic acids is 2. The van der Waals surface area contributed by atoms with Crippen LogP contribution >= 0.6 is 0 Å². The average Bonchev–Trinajstić information content (AvgIpc) is 2.92. The summed E-state index contributed by atoms with van der Waals surface area (Å²) in [6.45, 7) is 2.76. The zero-order valence-corrected chi connectivity index (χ0v) is 20.9. The van der Waals surface area contributed by atoms with E-state index in [0.29, 0.717) is 30.9 Å². The van der Waals surface area contributed by atoms with Gasteiger partial charge in [-0.3, -0.25) is 4.79 Å². The molecule has 0 radical (unpaired) electrons. The summed E-state index contributed by atoms with van der Waals surface area (Å²) in [5.74, 6) is -0.106. The third kappa shape index (κ3) is 5.61. The molecule has 1 saturated heterocycles. The van der Waals surface area contributed by atoms with Crippen LogP contribution in [-0.4, -0.2) is 36.5 Å².